The molecule has 0 saturated carbocycles. The second-order valence-electron chi connectivity index (χ2n) is 6.32. The molecule has 3 nitrogen and oxygen atoms in total. The molecule has 1 aliphatic rings. The fourth-order valence-electron chi connectivity index (χ4n) is 2.86. The molecular weight excluding hydrogens is 246 g/mol. The Morgan fingerprint density at radius 1 is 1.40 bits per heavy atom. The van der Waals surface area contributed by atoms with Gasteiger partial charge in [-0.3, -0.25) is 0 Å². The molecule has 0 aromatic heterocycles. The van der Waals surface area contributed by atoms with Gasteiger partial charge in [0.1, 0.15) is 0 Å². The van der Waals surface area contributed by atoms with E-state index in [9.17, 15) is 0 Å². The number of nitrogens with zero attached hydrogens (tertiary/aromatic N) is 2. The molecule has 1 fully saturated rings. The van der Waals surface area contributed by atoms with Gasteiger partial charge in [-0.1, -0.05) is 26.3 Å². The summed E-state index contributed by atoms with van der Waals surface area (Å²) in [6.45, 7) is 9.11. The first-order valence-electron chi connectivity index (χ1n) is 7.80. The molecule has 3 heteroatoms. The molecule has 1 aliphatic heterocycles. The second kappa shape index (κ2) is 6.49. The molecule has 1 N–H and O–H groups in total. The Morgan fingerprint density at radius 2 is 2.15 bits per heavy atom. The lowest BCUT2D eigenvalue weighted by molar-refractivity contribution is 0.316. The Bertz CT molecular complexity index is 430. The van der Waals surface area contributed by atoms with Gasteiger partial charge < -0.3 is 15.1 Å². The molecular formula is C17H29N3. The smallest absolute Gasteiger partial charge is 0.0390 e. The van der Waals surface area contributed by atoms with E-state index in [-0.39, 0.29) is 0 Å². The monoisotopic (exact) mass is 275 g/mol. The first kappa shape index (κ1) is 15.2. The van der Waals surface area contributed by atoms with Crippen LogP contribution in [0.4, 0.5) is 11.4 Å². The van der Waals surface area contributed by atoms with Crippen LogP contribution in [0.1, 0.15) is 27.2 Å². The van der Waals surface area contributed by atoms with Crippen molar-refractivity contribution in [2.75, 3.05) is 37.0 Å². The van der Waals surface area contributed by atoms with Crippen LogP contribution < -0.4 is 15.1 Å². The fourth-order valence-corrected chi connectivity index (χ4v) is 2.86. The van der Waals surface area contributed by atoms with E-state index in [0.717, 1.165) is 19.0 Å². The highest BCUT2D eigenvalue weighted by atomic mass is 15.2. The number of benzene rings is 1. The molecule has 112 valence electrons. The molecule has 1 aromatic rings. The molecule has 0 bridgehead atoms. The predicted octanol–water partition coefficient (Wildman–Crippen LogP) is 2.97. The maximum Gasteiger partial charge on any atom is 0.0390 e. The zero-order chi connectivity index (χ0) is 14.7. The standard InChI is InChI=1S/C17H29N3/c1-6-13(2)17-12-20(14(3)11-18-17)16-9-7-8-15(10-16)19(4)5/h7-10,13-14,17-18H,6,11-12H2,1-5H3. The van der Waals surface area contributed by atoms with Crippen molar-refractivity contribution in [3.63, 3.8) is 0 Å². The third-order valence-corrected chi connectivity index (χ3v) is 4.61. The van der Waals surface area contributed by atoms with Crippen molar-refractivity contribution in [1.29, 1.82) is 0 Å². The summed E-state index contributed by atoms with van der Waals surface area (Å²) >= 11 is 0. The summed E-state index contributed by atoms with van der Waals surface area (Å²) in [5, 5.41) is 3.70. The van der Waals surface area contributed by atoms with Gasteiger partial charge in [0.15, 0.2) is 0 Å². The molecule has 1 heterocycles. The number of rotatable bonds is 4. The zero-order valence-electron chi connectivity index (χ0n) is 13.6. The third-order valence-electron chi connectivity index (χ3n) is 4.61. The fraction of sp³-hybridized carbons (Fsp3) is 0.647. The van der Waals surface area contributed by atoms with Gasteiger partial charge in [-0.2, -0.15) is 0 Å². The van der Waals surface area contributed by atoms with Gasteiger partial charge in [-0.15, -0.1) is 0 Å². The molecule has 0 amide bonds. The Morgan fingerprint density at radius 3 is 2.80 bits per heavy atom. The molecule has 2 rings (SSSR count). The number of piperazine rings is 1. The molecule has 3 atom stereocenters. The maximum atomic E-state index is 3.70. The summed E-state index contributed by atoms with van der Waals surface area (Å²) in [5.41, 5.74) is 2.62. The van der Waals surface area contributed by atoms with Gasteiger partial charge in [-0.05, 0) is 31.0 Å². The van der Waals surface area contributed by atoms with Gasteiger partial charge in [0.05, 0.1) is 0 Å². The SMILES string of the molecule is CCC(C)C1CN(c2cccc(N(C)C)c2)C(C)CN1. The van der Waals surface area contributed by atoms with Crippen molar-refractivity contribution in [3.8, 4) is 0 Å². The predicted molar refractivity (Wildman–Crippen MR) is 88.8 cm³/mol. The average molecular weight is 275 g/mol. The molecule has 1 aromatic carbocycles. The van der Waals surface area contributed by atoms with Crippen LogP contribution in [-0.4, -0.2) is 39.3 Å². The number of hydrogen-bond donors (Lipinski definition) is 1. The summed E-state index contributed by atoms with van der Waals surface area (Å²) in [5.74, 6) is 0.724. The highest BCUT2D eigenvalue weighted by Crippen LogP contribution is 2.26. The third kappa shape index (κ3) is 3.26. The molecule has 3 unspecified atom stereocenters. The quantitative estimate of drug-likeness (QED) is 0.911. The van der Waals surface area contributed by atoms with Crippen LogP contribution in [0.2, 0.25) is 0 Å². The first-order chi connectivity index (χ1) is 9.52. The van der Waals surface area contributed by atoms with E-state index in [0.29, 0.717) is 12.1 Å². The highest BCUT2D eigenvalue weighted by Gasteiger charge is 2.27. The van der Waals surface area contributed by atoms with E-state index in [1.807, 2.05) is 0 Å². The van der Waals surface area contributed by atoms with Crippen molar-refractivity contribution in [3.05, 3.63) is 24.3 Å². The van der Waals surface area contributed by atoms with Crippen molar-refractivity contribution in [1.82, 2.24) is 5.32 Å². The van der Waals surface area contributed by atoms with Crippen LogP contribution in [-0.2, 0) is 0 Å². The van der Waals surface area contributed by atoms with Gasteiger partial charge in [0.2, 0.25) is 0 Å². The minimum atomic E-state index is 0.549. The molecule has 1 saturated heterocycles. The highest BCUT2D eigenvalue weighted by molar-refractivity contribution is 5.59. The van der Waals surface area contributed by atoms with Crippen molar-refractivity contribution >= 4 is 11.4 Å². The Hall–Kier alpha value is -1.22. The lowest BCUT2D eigenvalue weighted by atomic mass is 9.95. The van der Waals surface area contributed by atoms with E-state index in [1.165, 1.54) is 17.8 Å². The van der Waals surface area contributed by atoms with Crippen LogP contribution in [0.3, 0.4) is 0 Å². The van der Waals surface area contributed by atoms with Crippen LogP contribution in [0.15, 0.2) is 24.3 Å². The molecule has 0 spiro atoms. The van der Waals surface area contributed by atoms with Crippen molar-refractivity contribution in [2.24, 2.45) is 5.92 Å². The topological polar surface area (TPSA) is 18.5 Å². The van der Waals surface area contributed by atoms with Gasteiger partial charge in [0.25, 0.3) is 0 Å². The summed E-state index contributed by atoms with van der Waals surface area (Å²) in [6.07, 6.45) is 1.23. The average Bonchev–Trinajstić information content (AvgIpc) is 2.47. The minimum absolute atomic E-state index is 0.549. The van der Waals surface area contributed by atoms with Gasteiger partial charge >= 0.3 is 0 Å². The summed E-state index contributed by atoms with van der Waals surface area (Å²) in [4.78, 5) is 4.73. The van der Waals surface area contributed by atoms with E-state index in [2.05, 4.69) is 74.2 Å². The summed E-state index contributed by atoms with van der Waals surface area (Å²) < 4.78 is 0. The normalized spacial score (nSPS) is 24.6. The van der Waals surface area contributed by atoms with Crippen LogP contribution in [0.25, 0.3) is 0 Å². The van der Waals surface area contributed by atoms with E-state index in [1.54, 1.807) is 0 Å². The van der Waals surface area contributed by atoms with E-state index < -0.39 is 0 Å². The number of hydrogen-bond acceptors (Lipinski definition) is 3. The van der Waals surface area contributed by atoms with Crippen LogP contribution in [0, 0.1) is 5.92 Å². The largest absolute Gasteiger partial charge is 0.378 e. The van der Waals surface area contributed by atoms with Crippen molar-refractivity contribution < 1.29 is 0 Å². The zero-order valence-corrected chi connectivity index (χ0v) is 13.6. The van der Waals surface area contributed by atoms with Crippen LogP contribution >= 0.6 is 0 Å². The maximum absolute atomic E-state index is 3.70. The van der Waals surface area contributed by atoms with Crippen molar-refractivity contribution in [2.45, 2.75) is 39.3 Å². The summed E-state index contributed by atoms with van der Waals surface area (Å²) in [7, 11) is 4.20. The first-order valence-corrected chi connectivity index (χ1v) is 7.80. The molecule has 0 aliphatic carbocycles. The Balaban J connectivity index is 2.18. The lowest BCUT2D eigenvalue weighted by Crippen LogP contribution is -2.57. The summed E-state index contributed by atoms with van der Waals surface area (Å²) in [6, 6.07) is 10.0. The van der Waals surface area contributed by atoms with E-state index >= 15 is 0 Å². The minimum Gasteiger partial charge on any atom is -0.378 e. The van der Waals surface area contributed by atoms with Gasteiger partial charge in [-0.25, -0.2) is 0 Å². The second-order valence-corrected chi connectivity index (χ2v) is 6.32. The Kier molecular flexibility index (Phi) is 4.92. The lowest BCUT2D eigenvalue weighted by Gasteiger charge is -2.42. The molecule has 0 radical (unpaired) electrons. The van der Waals surface area contributed by atoms with E-state index in [4.69, 9.17) is 0 Å². The number of nitrogens with one attached hydrogen (secondary N) is 1. The van der Waals surface area contributed by atoms with Crippen LogP contribution in [0.5, 0.6) is 0 Å². The number of anilines is 2. The molecule has 20 heavy (non-hydrogen) atoms. The Labute approximate surface area is 124 Å². The van der Waals surface area contributed by atoms with Gasteiger partial charge in [0, 0.05) is 50.6 Å².